The van der Waals surface area contributed by atoms with Gasteiger partial charge in [-0.1, -0.05) is 12.1 Å². The smallest absolute Gasteiger partial charge is 0.318 e. The molecular weight excluding hydrogens is 299 g/mol. The highest BCUT2D eigenvalue weighted by Gasteiger charge is 2.28. The summed E-state index contributed by atoms with van der Waals surface area (Å²) < 4.78 is 18.6. The number of nitrogens with one attached hydrogen (secondary N) is 1. The largest absolute Gasteiger partial charge is 0.393 e. The molecule has 3 unspecified atom stereocenters. The molecule has 1 heterocycles. The fourth-order valence-electron chi connectivity index (χ4n) is 2.87. The van der Waals surface area contributed by atoms with Gasteiger partial charge in [-0.3, -0.25) is 0 Å². The van der Waals surface area contributed by atoms with Crippen molar-refractivity contribution in [3.63, 3.8) is 0 Å². The first-order valence-corrected chi connectivity index (χ1v) is 8.03. The topological polar surface area (TPSA) is 61.8 Å². The van der Waals surface area contributed by atoms with Crippen LogP contribution >= 0.6 is 0 Å². The fraction of sp³-hybridized carbons (Fsp3) is 0.588. The van der Waals surface area contributed by atoms with E-state index in [1.807, 2.05) is 13.0 Å². The van der Waals surface area contributed by atoms with Gasteiger partial charge < -0.3 is 20.1 Å². The van der Waals surface area contributed by atoms with Gasteiger partial charge in [0.2, 0.25) is 0 Å². The van der Waals surface area contributed by atoms with E-state index in [1.165, 1.54) is 12.1 Å². The molecule has 1 aliphatic rings. The van der Waals surface area contributed by atoms with E-state index in [1.54, 1.807) is 17.9 Å². The highest BCUT2D eigenvalue weighted by Crippen LogP contribution is 2.14. The van der Waals surface area contributed by atoms with E-state index in [9.17, 15) is 14.3 Å². The number of nitrogens with zero attached hydrogens (tertiary/aromatic N) is 1. The Kier molecular flexibility index (Phi) is 6.36. The summed E-state index contributed by atoms with van der Waals surface area (Å²) in [6.45, 7) is 5.05. The number of benzene rings is 1. The molecule has 1 aromatic carbocycles. The van der Waals surface area contributed by atoms with Crippen LogP contribution in [-0.4, -0.2) is 54.0 Å². The third-order valence-corrected chi connectivity index (χ3v) is 3.90. The van der Waals surface area contributed by atoms with E-state index in [2.05, 4.69) is 5.32 Å². The molecule has 0 aliphatic carbocycles. The zero-order chi connectivity index (χ0) is 16.8. The Bertz CT molecular complexity index is 524. The first-order chi connectivity index (χ1) is 11.0. The average Bonchev–Trinajstić information content (AvgIpc) is 2.46. The van der Waals surface area contributed by atoms with Crippen LogP contribution in [0.1, 0.15) is 25.8 Å². The van der Waals surface area contributed by atoms with Crippen LogP contribution in [0.15, 0.2) is 24.3 Å². The molecule has 2 amide bonds. The van der Waals surface area contributed by atoms with E-state index in [0.717, 1.165) is 5.56 Å². The summed E-state index contributed by atoms with van der Waals surface area (Å²) in [5.74, 6) is -0.272. The highest BCUT2D eigenvalue weighted by molar-refractivity contribution is 5.75. The van der Waals surface area contributed by atoms with Crippen molar-refractivity contribution in [2.24, 2.45) is 0 Å². The van der Waals surface area contributed by atoms with Crippen molar-refractivity contribution in [1.29, 1.82) is 0 Å². The second-order valence-corrected chi connectivity index (χ2v) is 6.19. The molecule has 0 bridgehead atoms. The van der Waals surface area contributed by atoms with Crippen molar-refractivity contribution in [3.8, 4) is 0 Å². The zero-order valence-corrected chi connectivity index (χ0v) is 13.7. The van der Waals surface area contributed by atoms with Gasteiger partial charge >= 0.3 is 6.03 Å². The first-order valence-electron chi connectivity index (χ1n) is 8.03. The molecule has 0 spiro atoms. The SMILES string of the molecule is CC(O)CC1COCCN1C(=O)NC(C)Cc1cccc(F)c1. The van der Waals surface area contributed by atoms with Gasteiger partial charge in [0.15, 0.2) is 0 Å². The number of aliphatic hydroxyl groups is 1. The number of carbonyl (C=O) groups excluding carboxylic acids is 1. The number of hydrogen-bond acceptors (Lipinski definition) is 3. The lowest BCUT2D eigenvalue weighted by Crippen LogP contribution is -2.54. The molecule has 23 heavy (non-hydrogen) atoms. The van der Waals surface area contributed by atoms with Crippen LogP contribution in [0, 0.1) is 5.82 Å². The Hall–Kier alpha value is -1.66. The lowest BCUT2D eigenvalue weighted by atomic mass is 10.1. The van der Waals surface area contributed by atoms with Gasteiger partial charge in [-0.2, -0.15) is 0 Å². The minimum atomic E-state index is -0.485. The number of halogens is 1. The predicted octanol–water partition coefficient (Wildman–Crippen LogP) is 1.94. The third kappa shape index (κ3) is 5.48. The van der Waals surface area contributed by atoms with E-state index in [4.69, 9.17) is 4.74 Å². The van der Waals surface area contributed by atoms with Gasteiger partial charge in [0.1, 0.15) is 5.82 Å². The zero-order valence-electron chi connectivity index (χ0n) is 13.7. The van der Waals surface area contributed by atoms with Crippen molar-refractivity contribution in [1.82, 2.24) is 10.2 Å². The Labute approximate surface area is 136 Å². The number of ether oxygens (including phenoxy) is 1. The van der Waals surface area contributed by atoms with Crippen LogP contribution in [-0.2, 0) is 11.2 Å². The lowest BCUT2D eigenvalue weighted by Gasteiger charge is -2.37. The standard InChI is InChI=1S/C17H25FN2O3/c1-12(8-14-4-3-5-15(18)10-14)19-17(22)20-6-7-23-11-16(20)9-13(2)21/h3-5,10,12-13,16,21H,6-9,11H2,1-2H3,(H,19,22). The van der Waals surface area contributed by atoms with Gasteiger partial charge in [-0.25, -0.2) is 9.18 Å². The molecule has 0 saturated carbocycles. The molecule has 0 aromatic heterocycles. The number of aliphatic hydroxyl groups excluding tert-OH is 1. The first kappa shape index (κ1) is 17.7. The summed E-state index contributed by atoms with van der Waals surface area (Å²) in [5.41, 5.74) is 0.848. The van der Waals surface area contributed by atoms with E-state index >= 15 is 0 Å². The molecule has 128 valence electrons. The van der Waals surface area contributed by atoms with E-state index in [0.29, 0.717) is 32.6 Å². The van der Waals surface area contributed by atoms with Gasteiger partial charge in [-0.05, 0) is 44.4 Å². The molecule has 1 aliphatic heterocycles. The number of amides is 2. The van der Waals surface area contributed by atoms with Crippen molar-refractivity contribution in [2.75, 3.05) is 19.8 Å². The summed E-state index contributed by atoms with van der Waals surface area (Å²) >= 11 is 0. The van der Waals surface area contributed by atoms with Crippen LogP contribution in [0.25, 0.3) is 0 Å². The van der Waals surface area contributed by atoms with Crippen LogP contribution in [0.2, 0.25) is 0 Å². The van der Waals surface area contributed by atoms with Crippen molar-refractivity contribution in [2.45, 2.75) is 44.9 Å². The highest BCUT2D eigenvalue weighted by atomic mass is 19.1. The Balaban J connectivity index is 1.91. The van der Waals surface area contributed by atoms with E-state index in [-0.39, 0.29) is 23.9 Å². The quantitative estimate of drug-likeness (QED) is 0.870. The molecule has 2 rings (SSSR count). The summed E-state index contributed by atoms with van der Waals surface area (Å²) in [7, 11) is 0. The summed E-state index contributed by atoms with van der Waals surface area (Å²) in [6.07, 6.45) is 0.572. The molecule has 2 N–H and O–H groups in total. The summed E-state index contributed by atoms with van der Waals surface area (Å²) in [5, 5.41) is 12.5. The number of hydrogen-bond donors (Lipinski definition) is 2. The Morgan fingerprint density at radius 1 is 1.52 bits per heavy atom. The predicted molar refractivity (Wildman–Crippen MR) is 85.7 cm³/mol. The van der Waals surface area contributed by atoms with Crippen molar-refractivity contribution >= 4 is 6.03 Å². The van der Waals surface area contributed by atoms with Gasteiger partial charge in [-0.15, -0.1) is 0 Å². The normalized spacial score (nSPS) is 20.9. The summed E-state index contributed by atoms with van der Waals surface area (Å²) in [6, 6.07) is 6.00. The Morgan fingerprint density at radius 3 is 3.00 bits per heavy atom. The minimum absolute atomic E-state index is 0.112. The maximum atomic E-state index is 13.2. The van der Waals surface area contributed by atoms with Crippen LogP contribution in [0.3, 0.4) is 0 Å². The fourth-order valence-corrected chi connectivity index (χ4v) is 2.87. The van der Waals surface area contributed by atoms with E-state index < -0.39 is 6.10 Å². The van der Waals surface area contributed by atoms with Crippen LogP contribution in [0.5, 0.6) is 0 Å². The second kappa shape index (κ2) is 8.26. The molecule has 1 fully saturated rings. The number of urea groups is 1. The van der Waals surface area contributed by atoms with Crippen molar-refractivity contribution in [3.05, 3.63) is 35.6 Å². The molecular formula is C17H25FN2O3. The molecule has 1 aromatic rings. The van der Waals surface area contributed by atoms with Gasteiger partial charge in [0.25, 0.3) is 0 Å². The Morgan fingerprint density at radius 2 is 2.30 bits per heavy atom. The monoisotopic (exact) mass is 324 g/mol. The summed E-state index contributed by atoms with van der Waals surface area (Å²) in [4.78, 5) is 14.2. The molecule has 5 nitrogen and oxygen atoms in total. The maximum Gasteiger partial charge on any atom is 0.318 e. The molecule has 1 saturated heterocycles. The maximum absolute atomic E-state index is 13.2. The van der Waals surface area contributed by atoms with Crippen LogP contribution < -0.4 is 5.32 Å². The second-order valence-electron chi connectivity index (χ2n) is 6.19. The average molecular weight is 324 g/mol. The number of morpholine rings is 1. The van der Waals surface area contributed by atoms with Gasteiger partial charge in [0.05, 0.1) is 25.4 Å². The minimum Gasteiger partial charge on any atom is -0.393 e. The third-order valence-electron chi connectivity index (χ3n) is 3.90. The molecule has 6 heteroatoms. The lowest BCUT2D eigenvalue weighted by molar-refractivity contribution is -0.00471. The van der Waals surface area contributed by atoms with Crippen molar-refractivity contribution < 1.29 is 19.0 Å². The number of carbonyl (C=O) groups is 1. The van der Waals surface area contributed by atoms with Crippen LogP contribution in [0.4, 0.5) is 9.18 Å². The molecule has 0 radical (unpaired) electrons. The number of rotatable bonds is 5. The molecule has 3 atom stereocenters. The van der Waals surface area contributed by atoms with Gasteiger partial charge in [0, 0.05) is 12.6 Å².